The molecule has 0 bridgehead atoms. The summed E-state index contributed by atoms with van der Waals surface area (Å²) in [6, 6.07) is 3.43. The van der Waals surface area contributed by atoms with Crippen LogP contribution in [-0.4, -0.2) is 15.3 Å². The van der Waals surface area contributed by atoms with E-state index in [0.29, 0.717) is 5.56 Å². The fraction of sp³-hybridized carbons (Fsp3) is 0.462. The van der Waals surface area contributed by atoms with Crippen LogP contribution in [0.15, 0.2) is 12.1 Å². The average Bonchev–Trinajstić information content (AvgIpc) is 2.74. The highest BCUT2D eigenvalue weighted by Gasteiger charge is 2.25. The Morgan fingerprint density at radius 1 is 1.53 bits per heavy atom. The number of nitrogens with zero attached hydrogens (tertiary/aromatic N) is 2. The molecule has 0 aliphatic heterocycles. The molecule has 19 heavy (non-hydrogen) atoms. The molecule has 1 aromatic carbocycles. The van der Waals surface area contributed by atoms with Gasteiger partial charge in [0, 0.05) is 22.9 Å². The Hall–Kier alpha value is -1.20. The molecule has 0 spiro atoms. The first-order chi connectivity index (χ1) is 8.93. The van der Waals surface area contributed by atoms with Gasteiger partial charge in [-0.3, -0.25) is 10.1 Å². The van der Waals surface area contributed by atoms with Crippen LogP contribution in [0.2, 0.25) is 0 Å². The predicted octanol–water partition coefficient (Wildman–Crippen LogP) is 4.63. The summed E-state index contributed by atoms with van der Waals surface area (Å²) in [5.41, 5.74) is 1.63. The summed E-state index contributed by atoms with van der Waals surface area (Å²) >= 11 is 7.71. The molecular formula is C13H15ClN2O2S. The Balaban J connectivity index is 2.62. The maximum Gasteiger partial charge on any atom is 0.274 e. The zero-order valence-corrected chi connectivity index (χ0v) is 12.6. The van der Waals surface area contributed by atoms with Crippen LogP contribution in [0.25, 0.3) is 10.2 Å². The molecule has 0 radical (unpaired) electrons. The molecule has 0 aliphatic carbocycles. The third-order valence-electron chi connectivity index (χ3n) is 3.26. The lowest BCUT2D eigenvalue weighted by molar-refractivity contribution is -0.385. The molecule has 0 saturated heterocycles. The number of hydrogen-bond acceptors (Lipinski definition) is 4. The van der Waals surface area contributed by atoms with Crippen molar-refractivity contribution in [2.24, 2.45) is 0 Å². The van der Waals surface area contributed by atoms with Crippen LogP contribution in [0.3, 0.4) is 0 Å². The lowest BCUT2D eigenvalue weighted by atomic mass is 9.94. The van der Waals surface area contributed by atoms with E-state index in [1.165, 1.54) is 11.3 Å². The van der Waals surface area contributed by atoms with Gasteiger partial charge in [-0.25, -0.2) is 4.98 Å². The van der Waals surface area contributed by atoms with Crippen molar-refractivity contribution in [2.45, 2.75) is 38.5 Å². The van der Waals surface area contributed by atoms with E-state index in [9.17, 15) is 10.1 Å². The molecule has 2 atom stereocenters. The van der Waals surface area contributed by atoms with E-state index in [-0.39, 0.29) is 21.9 Å². The van der Waals surface area contributed by atoms with Gasteiger partial charge in [-0.2, -0.15) is 0 Å². The number of aromatic nitrogens is 1. The van der Waals surface area contributed by atoms with Gasteiger partial charge in [-0.05, 0) is 19.4 Å². The van der Waals surface area contributed by atoms with Crippen molar-refractivity contribution >= 4 is 38.8 Å². The van der Waals surface area contributed by atoms with Crippen molar-refractivity contribution in [3.8, 4) is 0 Å². The maximum absolute atomic E-state index is 11.2. The van der Waals surface area contributed by atoms with Crippen molar-refractivity contribution in [1.82, 2.24) is 4.98 Å². The summed E-state index contributed by atoms with van der Waals surface area (Å²) in [7, 11) is 0. The highest BCUT2D eigenvalue weighted by Crippen LogP contribution is 2.36. The number of nitro benzene ring substituents is 1. The molecule has 1 aromatic heterocycles. The van der Waals surface area contributed by atoms with E-state index >= 15 is 0 Å². The summed E-state index contributed by atoms with van der Waals surface area (Å²) in [6.45, 7) is 5.80. The zero-order valence-electron chi connectivity index (χ0n) is 11.0. The van der Waals surface area contributed by atoms with Crippen LogP contribution in [-0.2, 0) is 0 Å². The molecular weight excluding hydrogens is 284 g/mol. The monoisotopic (exact) mass is 298 g/mol. The summed E-state index contributed by atoms with van der Waals surface area (Å²) in [4.78, 5) is 15.3. The highest BCUT2D eigenvalue weighted by atomic mass is 35.5. The molecule has 6 heteroatoms. The minimum absolute atomic E-state index is 0.0709. The Kier molecular flexibility index (Phi) is 4.06. The number of halogens is 1. The molecule has 0 amide bonds. The van der Waals surface area contributed by atoms with Crippen molar-refractivity contribution in [3.05, 3.63) is 32.8 Å². The van der Waals surface area contributed by atoms with Crippen LogP contribution in [0.1, 0.15) is 36.8 Å². The first kappa shape index (κ1) is 14.2. The number of aryl methyl sites for hydroxylation is 1. The second-order valence-corrected chi connectivity index (χ2v) is 6.38. The third-order valence-corrected chi connectivity index (χ3v) is 4.88. The van der Waals surface area contributed by atoms with E-state index in [4.69, 9.17) is 11.6 Å². The second-order valence-electron chi connectivity index (χ2n) is 4.58. The number of thiazole rings is 1. The zero-order chi connectivity index (χ0) is 14.2. The summed E-state index contributed by atoms with van der Waals surface area (Å²) in [5, 5.41) is 12.0. The number of rotatable bonds is 4. The van der Waals surface area contributed by atoms with Crippen LogP contribution in [0.4, 0.5) is 5.69 Å². The fourth-order valence-corrected chi connectivity index (χ4v) is 3.14. The number of benzene rings is 1. The Morgan fingerprint density at radius 3 is 2.79 bits per heavy atom. The van der Waals surface area contributed by atoms with E-state index < -0.39 is 0 Å². The predicted molar refractivity (Wildman–Crippen MR) is 79.4 cm³/mol. The average molecular weight is 299 g/mol. The molecule has 1 heterocycles. The van der Waals surface area contributed by atoms with E-state index in [1.807, 2.05) is 26.8 Å². The van der Waals surface area contributed by atoms with Crippen molar-refractivity contribution in [3.63, 3.8) is 0 Å². The molecule has 2 unspecified atom stereocenters. The summed E-state index contributed by atoms with van der Waals surface area (Å²) < 4.78 is 0.850. The number of fused-ring (bicyclic) bond motifs is 1. The molecule has 102 valence electrons. The molecule has 4 nitrogen and oxygen atoms in total. The normalized spacial score (nSPS) is 14.5. The first-order valence-electron chi connectivity index (χ1n) is 6.13. The van der Waals surface area contributed by atoms with E-state index in [0.717, 1.165) is 21.6 Å². The fourth-order valence-electron chi connectivity index (χ4n) is 2.17. The number of alkyl halides is 1. The molecule has 2 rings (SSSR count). The van der Waals surface area contributed by atoms with Gasteiger partial charge in [-0.1, -0.05) is 13.8 Å². The molecule has 0 saturated carbocycles. The van der Waals surface area contributed by atoms with Crippen molar-refractivity contribution in [1.29, 1.82) is 0 Å². The topological polar surface area (TPSA) is 56.0 Å². The SMILES string of the molecule is CCC(Cl)C(C)c1cc2nc(C)sc2cc1[N+](=O)[O-]. The first-order valence-corrected chi connectivity index (χ1v) is 7.38. The summed E-state index contributed by atoms with van der Waals surface area (Å²) in [5.74, 6) is -0.0709. The van der Waals surface area contributed by atoms with Gasteiger partial charge in [0.2, 0.25) is 0 Å². The summed E-state index contributed by atoms with van der Waals surface area (Å²) in [6.07, 6.45) is 0.772. The highest BCUT2D eigenvalue weighted by molar-refractivity contribution is 7.18. The van der Waals surface area contributed by atoms with Crippen LogP contribution in [0.5, 0.6) is 0 Å². The van der Waals surface area contributed by atoms with Gasteiger partial charge in [0.25, 0.3) is 5.69 Å². The smallest absolute Gasteiger partial charge is 0.258 e. The quantitative estimate of drug-likeness (QED) is 0.469. The lowest BCUT2D eigenvalue weighted by Crippen LogP contribution is -2.10. The lowest BCUT2D eigenvalue weighted by Gasteiger charge is -2.16. The molecule has 0 N–H and O–H groups in total. The van der Waals surface area contributed by atoms with E-state index in [2.05, 4.69) is 4.98 Å². The molecule has 0 fully saturated rings. The van der Waals surface area contributed by atoms with Gasteiger partial charge in [-0.15, -0.1) is 22.9 Å². The Morgan fingerprint density at radius 2 is 2.21 bits per heavy atom. The van der Waals surface area contributed by atoms with E-state index in [1.54, 1.807) is 6.07 Å². The second kappa shape index (κ2) is 5.43. The van der Waals surface area contributed by atoms with Crippen LogP contribution >= 0.6 is 22.9 Å². The number of hydrogen-bond donors (Lipinski definition) is 0. The van der Waals surface area contributed by atoms with Gasteiger partial charge in [0.1, 0.15) is 0 Å². The largest absolute Gasteiger partial charge is 0.274 e. The van der Waals surface area contributed by atoms with Crippen LogP contribution in [0, 0.1) is 17.0 Å². The van der Waals surface area contributed by atoms with Gasteiger partial charge in [0.05, 0.1) is 20.1 Å². The van der Waals surface area contributed by atoms with Gasteiger partial charge in [0.15, 0.2) is 0 Å². The maximum atomic E-state index is 11.2. The third kappa shape index (κ3) is 2.72. The Bertz CT molecular complexity index is 626. The van der Waals surface area contributed by atoms with Crippen molar-refractivity contribution in [2.75, 3.05) is 0 Å². The molecule has 0 aliphatic rings. The standard InChI is InChI=1S/C13H15ClN2O2S/c1-4-10(14)7(2)9-5-11-13(19-8(3)15-11)6-12(9)16(17)18/h5-7,10H,4H2,1-3H3. The molecule has 2 aromatic rings. The van der Waals surface area contributed by atoms with Gasteiger partial charge < -0.3 is 0 Å². The van der Waals surface area contributed by atoms with Crippen LogP contribution < -0.4 is 0 Å². The number of nitro groups is 1. The van der Waals surface area contributed by atoms with Gasteiger partial charge >= 0.3 is 0 Å². The Labute approximate surface area is 120 Å². The minimum atomic E-state index is -0.334. The minimum Gasteiger partial charge on any atom is -0.258 e. The van der Waals surface area contributed by atoms with Crippen molar-refractivity contribution < 1.29 is 4.92 Å².